The summed E-state index contributed by atoms with van der Waals surface area (Å²) in [7, 11) is 0. The van der Waals surface area contributed by atoms with Gasteiger partial charge in [0.2, 0.25) is 0 Å². The van der Waals surface area contributed by atoms with Gasteiger partial charge in [-0.1, -0.05) is 55.8 Å². The van der Waals surface area contributed by atoms with Crippen molar-refractivity contribution in [2.75, 3.05) is 13.2 Å². The van der Waals surface area contributed by atoms with E-state index in [4.69, 9.17) is 4.74 Å². The second kappa shape index (κ2) is 10.9. The number of nitrogens with one attached hydrogen (secondary N) is 1. The number of hydrogen-bond acceptors (Lipinski definition) is 4. The standard InChI is InChI=1S/C26H30FNO3/c1-3-6-19-7-4-5-8-23(19)21-11-14-25(24(27)17-21)31-16-15-28-18(2)26(30)20-9-12-22(29)13-10-20/h4-5,7-14,17-18,26,28-30H,3,6,15-16H2,1-2H3/t18-,26-/m1/s1. The lowest BCUT2D eigenvalue weighted by atomic mass is 9.97. The quantitative estimate of drug-likeness (QED) is 0.390. The number of aliphatic hydroxyl groups excluding tert-OH is 1. The van der Waals surface area contributed by atoms with Crippen molar-refractivity contribution in [1.82, 2.24) is 5.32 Å². The van der Waals surface area contributed by atoms with Crippen LogP contribution >= 0.6 is 0 Å². The van der Waals surface area contributed by atoms with Gasteiger partial charge >= 0.3 is 0 Å². The van der Waals surface area contributed by atoms with E-state index in [1.165, 1.54) is 11.6 Å². The summed E-state index contributed by atoms with van der Waals surface area (Å²) in [5.74, 6) is -0.0157. The molecule has 0 fully saturated rings. The van der Waals surface area contributed by atoms with Crippen LogP contribution in [0.4, 0.5) is 4.39 Å². The molecule has 0 aliphatic carbocycles. The highest BCUT2D eigenvalue weighted by atomic mass is 19.1. The summed E-state index contributed by atoms with van der Waals surface area (Å²) >= 11 is 0. The molecule has 0 bridgehead atoms. The molecule has 3 N–H and O–H groups in total. The van der Waals surface area contributed by atoms with Gasteiger partial charge in [0.25, 0.3) is 0 Å². The topological polar surface area (TPSA) is 61.7 Å². The van der Waals surface area contributed by atoms with Gasteiger partial charge in [0.15, 0.2) is 11.6 Å². The molecule has 2 atom stereocenters. The number of benzene rings is 3. The average molecular weight is 424 g/mol. The summed E-state index contributed by atoms with van der Waals surface area (Å²) in [6.45, 7) is 4.72. The third kappa shape index (κ3) is 6.06. The average Bonchev–Trinajstić information content (AvgIpc) is 2.78. The zero-order valence-electron chi connectivity index (χ0n) is 18.0. The van der Waals surface area contributed by atoms with Crippen molar-refractivity contribution in [1.29, 1.82) is 0 Å². The number of aliphatic hydroxyl groups is 1. The lowest BCUT2D eigenvalue weighted by molar-refractivity contribution is 0.133. The second-order valence-electron chi connectivity index (χ2n) is 7.68. The van der Waals surface area contributed by atoms with Gasteiger partial charge in [-0.3, -0.25) is 0 Å². The third-order valence-corrected chi connectivity index (χ3v) is 5.31. The Labute approximate surface area is 183 Å². The Kier molecular flexibility index (Phi) is 8.04. The van der Waals surface area contributed by atoms with Crippen molar-refractivity contribution < 1.29 is 19.3 Å². The van der Waals surface area contributed by atoms with E-state index in [2.05, 4.69) is 18.3 Å². The van der Waals surface area contributed by atoms with Gasteiger partial charge in [0, 0.05) is 12.6 Å². The molecule has 0 aliphatic rings. The van der Waals surface area contributed by atoms with Crippen molar-refractivity contribution in [3.05, 3.63) is 83.7 Å². The molecule has 0 amide bonds. The molecule has 3 aromatic carbocycles. The van der Waals surface area contributed by atoms with Crippen molar-refractivity contribution in [2.45, 2.75) is 38.8 Å². The van der Waals surface area contributed by atoms with Crippen LogP contribution in [0.5, 0.6) is 11.5 Å². The molecular weight excluding hydrogens is 393 g/mol. The van der Waals surface area contributed by atoms with Gasteiger partial charge in [-0.2, -0.15) is 0 Å². The zero-order valence-corrected chi connectivity index (χ0v) is 18.0. The molecule has 0 aliphatic heterocycles. The predicted octanol–water partition coefficient (Wildman–Crippen LogP) is 5.24. The van der Waals surface area contributed by atoms with Crippen molar-refractivity contribution >= 4 is 0 Å². The first-order valence-corrected chi connectivity index (χ1v) is 10.7. The molecule has 0 unspecified atom stereocenters. The molecule has 0 aromatic heterocycles. The normalized spacial score (nSPS) is 13.0. The molecule has 5 heteroatoms. The van der Waals surface area contributed by atoms with Gasteiger partial charge in [0.05, 0.1) is 6.10 Å². The Balaban J connectivity index is 1.54. The summed E-state index contributed by atoms with van der Waals surface area (Å²) in [4.78, 5) is 0. The molecule has 0 radical (unpaired) electrons. The van der Waals surface area contributed by atoms with Gasteiger partial charge in [-0.15, -0.1) is 0 Å². The first-order chi connectivity index (χ1) is 15.0. The Morgan fingerprint density at radius 1 is 1.03 bits per heavy atom. The van der Waals surface area contributed by atoms with E-state index in [9.17, 15) is 14.6 Å². The van der Waals surface area contributed by atoms with E-state index in [1.54, 1.807) is 30.3 Å². The van der Waals surface area contributed by atoms with Crippen molar-refractivity contribution in [3.63, 3.8) is 0 Å². The van der Waals surface area contributed by atoms with Crippen LogP contribution in [0.15, 0.2) is 66.7 Å². The Bertz CT molecular complexity index is 975. The molecular formula is C26H30FNO3. The third-order valence-electron chi connectivity index (χ3n) is 5.31. The molecule has 0 saturated carbocycles. The smallest absolute Gasteiger partial charge is 0.165 e. The minimum Gasteiger partial charge on any atom is -0.508 e. The Hall–Kier alpha value is -2.89. The number of hydrogen-bond donors (Lipinski definition) is 3. The highest BCUT2D eigenvalue weighted by Crippen LogP contribution is 2.29. The number of ether oxygens (including phenoxy) is 1. The second-order valence-corrected chi connectivity index (χ2v) is 7.68. The summed E-state index contributed by atoms with van der Waals surface area (Å²) in [6.07, 6.45) is 1.27. The maximum atomic E-state index is 14.6. The van der Waals surface area contributed by atoms with Crippen LogP contribution in [-0.2, 0) is 6.42 Å². The van der Waals surface area contributed by atoms with Gasteiger partial charge in [-0.05, 0) is 59.9 Å². The van der Waals surface area contributed by atoms with Crippen molar-refractivity contribution in [2.24, 2.45) is 0 Å². The minimum atomic E-state index is -0.722. The van der Waals surface area contributed by atoms with E-state index < -0.39 is 6.10 Å². The molecule has 3 aromatic rings. The zero-order chi connectivity index (χ0) is 22.2. The van der Waals surface area contributed by atoms with E-state index in [0.717, 1.165) is 24.0 Å². The van der Waals surface area contributed by atoms with Crippen LogP contribution in [0.1, 0.15) is 37.5 Å². The number of phenolic OH excluding ortho intramolecular Hbond substituents is 1. The van der Waals surface area contributed by atoms with E-state index in [1.807, 2.05) is 31.2 Å². The highest BCUT2D eigenvalue weighted by Gasteiger charge is 2.16. The number of rotatable bonds is 10. The summed E-state index contributed by atoms with van der Waals surface area (Å²) in [6, 6.07) is 19.4. The van der Waals surface area contributed by atoms with E-state index in [0.29, 0.717) is 12.1 Å². The first-order valence-electron chi connectivity index (χ1n) is 10.7. The van der Waals surface area contributed by atoms with Crippen LogP contribution in [-0.4, -0.2) is 29.4 Å². The summed E-state index contributed by atoms with van der Waals surface area (Å²) in [5.41, 5.74) is 3.82. The fourth-order valence-corrected chi connectivity index (χ4v) is 3.59. The summed E-state index contributed by atoms with van der Waals surface area (Å²) in [5, 5.41) is 22.9. The lowest BCUT2D eigenvalue weighted by Gasteiger charge is -2.21. The van der Waals surface area contributed by atoms with Crippen molar-refractivity contribution in [3.8, 4) is 22.6 Å². The van der Waals surface area contributed by atoms with Crippen LogP contribution in [0, 0.1) is 5.82 Å². The Morgan fingerprint density at radius 2 is 1.77 bits per heavy atom. The maximum absolute atomic E-state index is 14.6. The highest BCUT2D eigenvalue weighted by molar-refractivity contribution is 5.68. The number of aromatic hydroxyl groups is 1. The SMILES string of the molecule is CCCc1ccccc1-c1ccc(OCCN[C@H](C)[C@@H](O)c2ccc(O)cc2)c(F)c1. The largest absolute Gasteiger partial charge is 0.508 e. The molecule has 31 heavy (non-hydrogen) atoms. The fraction of sp³-hybridized carbons (Fsp3) is 0.308. The lowest BCUT2D eigenvalue weighted by Crippen LogP contribution is -2.35. The van der Waals surface area contributed by atoms with E-state index in [-0.39, 0.29) is 30.0 Å². The molecule has 164 valence electrons. The molecule has 4 nitrogen and oxygen atoms in total. The molecule has 3 rings (SSSR count). The monoisotopic (exact) mass is 423 g/mol. The number of aryl methyl sites for hydroxylation is 1. The minimum absolute atomic E-state index is 0.159. The maximum Gasteiger partial charge on any atom is 0.165 e. The molecule has 0 spiro atoms. The molecule has 0 heterocycles. The number of phenols is 1. The summed E-state index contributed by atoms with van der Waals surface area (Å²) < 4.78 is 20.2. The van der Waals surface area contributed by atoms with Crippen LogP contribution in [0.2, 0.25) is 0 Å². The van der Waals surface area contributed by atoms with Gasteiger partial charge in [0.1, 0.15) is 12.4 Å². The van der Waals surface area contributed by atoms with Crippen LogP contribution in [0.3, 0.4) is 0 Å². The fourth-order valence-electron chi connectivity index (χ4n) is 3.59. The van der Waals surface area contributed by atoms with Gasteiger partial charge < -0.3 is 20.3 Å². The molecule has 0 saturated heterocycles. The predicted molar refractivity (Wildman–Crippen MR) is 122 cm³/mol. The van der Waals surface area contributed by atoms with Gasteiger partial charge in [-0.25, -0.2) is 4.39 Å². The van der Waals surface area contributed by atoms with Crippen LogP contribution < -0.4 is 10.1 Å². The van der Waals surface area contributed by atoms with E-state index >= 15 is 0 Å². The number of halogens is 1. The van der Waals surface area contributed by atoms with Crippen LogP contribution in [0.25, 0.3) is 11.1 Å². The first kappa shape index (κ1) is 22.8. The Morgan fingerprint density at radius 3 is 2.48 bits per heavy atom.